The van der Waals surface area contributed by atoms with E-state index in [9.17, 15) is 29.1 Å². The van der Waals surface area contributed by atoms with Crippen molar-refractivity contribution in [1.82, 2.24) is 0 Å². The van der Waals surface area contributed by atoms with E-state index < -0.39 is 67.2 Å². The highest BCUT2D eigenvalue weighted by Crippen LogP contribution is 2.30. The Labute approximate surface area is 203 Å². The van der Waals surface area contributed by atoms with Crippen LogP contribution in [-0.2, 0) is 52.4 Å². The topological polar surface area (TPSA) is 161 Å². The van der Waals surface area contributed by atoms with Crippen LogP contribution in [0.3, 0.4) is 0 Å². The molecule has 1 aliphatic rings. The first-order chi connectivity index (χ1) is 16.7. The van der Waals surface area contributed by atoms with Crippen molar-refractivity contribution in [3.05, 3.63) is 12.2 Å². The molecule has 0 aromatic carbocycles. The predicted octanol–water partition coefficient (Wildman–Crippen LogP) is 1.11. The van der Waals surface area contributed by atoms with E-state index in [1.54, 1.807) is 20.8 Å². The van der Waals surface area contributed by atoms with Gasteiger partial charge in [-0.25, -0.2) is 9.59 Å². The second kappa shape index (κ2) is 15.8. The average molecular weight is 503 g/mol. The van der Waals surface area contributed by atoms with E-state index >= 15 is 0 Å². The summed E-state index contributed by atoms with van der Waals surface area (Å²) in [5, 5.41) is 9.89. The fraction of sp³-hybridized carbons (Fsp3) is 0.696. The Kier molecular flexibility index (Phi) is 13.6. The molecular formula is C23H34O12. The molecule has 0 spiro atoms. The van der Waals surface area contributed by atoms with Crippen LogP contribution in [0, 0.1) is 0 Å². The highest BCUT2D eigenvalue weighted by molar-refractivity contribution is 5.91. The van der Waals surface area contributed by atoms with Gasteiger partial charge in [0.15, 0.2) is 12.2 Å². The average Bonchev–Trinajstić information content (AvgIpc) is 2.81. The minimum absolute atomic E-state index is 0.00124. The molecule has 0 unspecified atom stereocenters. The zero-order chi connectivity index (χ0) is 26.4. The van der Waals surface area contributed by atoms with Gasteiger partial charge in [0, 0.05) is 31.4 Å². The number of aliphatic hydroxyl groups excluding tert-OH is 1. The number of carbonyl (C=O) groups excluding carboxylic acids is 5. The molecule has 0 saturated carbocycles. The number of ether oxygens (including phenoxy) is 6. The van der Waals surface area contributed by atoms with E-state index in [1.807, 2.05) is 0 Å². The Bertz CT molecular complexity index is 762. The van der Waals surface area contributed by atoms with Crippen molar-refractivity contribution in [3.8, 4) is 0 Å². The minimum atomic E-state index is -1.65. The number of esters is 5. The molecule has 1 aliphatic heterocycles. The molecule has 1 fully saturated rings. The van der Waals surface area contributed by atoms with Gasteiger partial charge in [0.05, 0.1) is 13.7 Å². The van der Waals surface area contributed by atoms with Crippen molar-refractivity contribution < 1.29 is 57.5 Å². The Morgan fingerprint density at radius 3 is 1.63 bits per heavy atom. The first kappa shape index (κ1) is 30.0. The molecule has 0 aromatic heterocycles. The van der Waals surface area contributed by atoms with Gasteiger partial charge >= 0.3 is 29.8 Å². The molecule has 0 bridgehead atoms. The largest absolute Gasteiger partial charge is 0.466 e. The maximum Gasteiger partial charge on any atom is 0.333 e. The third-order valence-electron chi connectivity index (χ3n) is 4.73. The van der Waals surface area contributed by atoms with Gasteiger partial charge in [0.1, 0.15) is 6.10 Å². The van der Waals surface area contributed by atoms with Crippen molar-refractivity contribution in [3.63, 3.8) is 0 Å². The van der Waals surface area contributed by atoms with Crippen LogP contribution in [0.5, 0.6) is 0 Å². The monoisotopic (exact) mass is 502 g/mol. The first-order valence-corrected chi connectivity index (χ1v) is 11.5. The summed E-state index contributed by atoms with van der Waals surface area (Å²) < 4.78 is 31.6. The number of methoxy groups -OCH3 is 1. The van der Waals surface area contributed by atoms with Gasteiger partial charge in [-0.1, -0.05) is 20.8 Å². The summed E-state index contributed by atoms with van der Waals surface area (Å²) in [5.74, 6) is -3.91. The van der Waals surface area contributed by atoms with Gasteiger partial charge in [-0.2, -0.15) is 0 Å². The first-order valence-electron chi connectivity index (χ1n) is 11.5. The standard InChI is InChI=1S/C23H34O12/c1-5-8-16(26)32-20-14(13-24)31-23(35-19(29)12-11-15(25)30-4)22(34-18(28)10-7-3)21(20)33-17(27)9-6-2/h11-12,14,20-24H,5-10,13H2,1-4H3/b12-11+/t14-,20-,21+,22-,23+/m1/s1. The van der Waals surface area contributed by atoms with Gasteiger partial charge < -0.3 is 33.5 Å². The van der Waals surface area contributed by atoms with E-state index in [-0.39, 0.29) is 19.3 Å². The van der Waals surface area contributed by atoms with Crippen molar-refractivity contribution in [2.24, 2.45) is 0 Å². The third kappa shape index (κ3) is 10.0. The third-order valence-corrected chi connectivity index (χ3v) is 4.73. The van der Waals surface area contributed by atoms with Gasteiger partial charge in [0.25, 0.3) is 0 Å². The van der Waals surface area contributed by atoms with E-state index in [0.717, 1.165) is 19.3 Å². The van der Waals surface area contributed by atoms with Gasteiger partial charge in [-0.3, -0.25) is 14.4 Å². The molecule has 12 nitrogen and oxygen atoms in total. The SMILES string of the molecule is CCCC(=O)O[C@@H]1[C@@H](OC(=O)CCC)[C@H](OC(=O)/C=C/C(=O)OC)O[C@H](CO)[C@H]1OC(=O)CCC. The number of hydrogen-bond donors (Lipinski definition) is 1. The van der Waals surface area contributed by atoms with Gasteiger partial charge in [-0.05, 0) is 19.3 Å². The number of rotatable bonds is 13. The van der Waals surface area contributed by atoms with E-state index in [2.05, 4.69) is 4.74 Å². The fourth-order valence-corrected chi connectivity index (χ4v) is 3.12. The van der Waals surface area contributed by atoms with E-state index in [4.69, 9.17) is 23.7 Å². The van der Waals surface area contributed by atoms with Crippen molar-refractivity contribution in [2.75, 3.05) is 13.7 Å². The molecule has 1 N–H and O–H groups in total. The summed E-state index contributed by atoms with van der Waals surface area (Å²) in [7, 11) is 1.12. The van der Waals surface area contributed by atoms with Crippen molar-refractivity contribution >= 4 is 29.8 Å². The Hall–Kier alpha value is -2.99. The Balaban J connectivity index is 3.36. The van der Waals surface area contributed by atoms with Gasteiger partial charge in [-0.15, -0.1) is 0 Å². The number of aliphatic hydroxyl groups is 1. The Morgan fingerprint density at radius 1 is 0.714 bits per heavy atom. The predicted molar refractivity (Wildman–Crippen MR) is 117 cm³/mol. The lowest BCUT2D eigenvalue weighted by molar-refractivity contribution is -0.299. The summed E-state index contributed by atoms with van der Waals surface area (Å²) in [6.07, 6.45) is -4.26. The smallest absolute Gasteiger partial charge is 0.333 e. The number of carbonyl (C=O) groups is 5. The lowest BCUT2D eigenvalue weighted by atomic mass is 9.98. The molecule has 12 heteroatoms. The van der Waals surface area contributed by atoms with Crippen molar-refractivity contribution in [1.29, 1.82) is 0 Å². The zero-order valence-corrected chi connectivity index (χ0v) is 20.4. The normalized spacial score (nSPS) is 23.9. The van der Waals surface area contributed by atoms with Crippen LogP contribution >= 0.6 is 0 Å². The summed E-state index contributed by atoms with van der Waals surface area (Å²) in [5.41, 5.74) is 0. The van der Waals surface area contributed by atoms with Crippen LogP contribution in [0.1, 0.15) is 59.3 Å². The molecular weight excluding hydrogens is 468 g/mol. The summed E-state index contributed by atoms with van der Waals surface area (Å²) in [4.78, 5) is 60.5. The number of hydrogen-bond acceptors (Lipinski definition) is 12. The lowest BCUT2D eigenvalue weighted by Gasteiger charge is -2.43. The molecule has 198 valence electrons. The van der Waals surface area contributed by atoms with Crippen LogP contribution in [-0.4, -0.2) is 79.4 Å². The van der Waals surface area contributed by atoms with Crippen LogP contribution < -0.4 is 0 Å². The summed E-state index contributed by atoms with van der Waals surface area (Å²) in [6, 6.07) is 0. The molecule has 0 radical (unpaired) electrons. The van der Waals surface area contributed by atoms with Crippen LogP contribution in [0.4, 0.5) is 0 Å². The fourth-order valence-electron chi connectivity index (χ4n) is 3.12. The second-order valence-corrected chi connectivity index (χ2v) is 7.63. The molecule has 0 amide bonds. The van der Waals surface area contributed by atoms with Gasteiger partial charge in [0.2, 0.25) is 12.4 Å². The molecule has 0 aromatic rings. The molecule has 1 saturated heterocycles. The van der Waals surface area contributed by atoms with E-state index in [1.165, 1.54) is 0 Å². The van der Waals surface area contributed by atoms with Crippen LogP contribution in [0.15, 0.2) is 12.2 Å². The lowest BCUT2D eigenvalue weighted by Crippen LogP contribution is -2.63. The summed E-state index contributed by atoms with van der Waals surface area (Å²) >= 11 is 0. The van der Waals surface area contributed by atoms with Crippen molar-refractivity contribution in [2.45, 2.75) is 90.0 Å². The maximum atomic E-state index is 12.4. The minimum Gasteiger partial charge on any atom is -0.466 e. The highest BCUT2D eigenvalue weighted by atomic mass is 16.7. The second-order valence-electron chi connectivity index (χ2n) is 7.63. The van der Waals surface area contributed by atoms with E-state index in [0.29, 0.717) is 19.3 Å². The summed E-state index contributed by atoms with van der Waals surface area (Å²) in [6.45, 7) is 4.54. The van der Waals surface area contributed by atoms with Crippen LogP contribution in [0.2, 0.25) is 0 Å². The molecule has 1 rings (SSSR count). The Morgan fingerprint density at radius 2 is 1.17 bits per heavy atom. The molecule has 5 atom stereocenters. The zero-order valence-electron chi connectivity index (χ0n) is 20.4. The molecule has 35 heavy (non-hydrogen) atoms. The molecule has 0 aliphatic carbocycles. The van der Waals surface area contributed by atoms with Crippen LogP contribution in [0.25, 0.3) is 0 Å². The quantitative estimate of drug-likeness (QED) is 0.217. The highest BCUT2D eigenvalue weighted by Gasteiger charge is 2.53. The maximum absolute atomic E-state index is 12.4. The molecule has 1 heterocycles.